The Kier molecular flexibility index (Phi) is 4.51. The molecule has 0 spiro atoms. The third-order valence-electron chi connectivity index (χ3n) is 3.16. The number of ether oxygens (including phenoxy) is 1. The predicted molar refractivity (Wildman–Crippen MR) is 85.8 cm³/mol. The summed E-state index contributed by atoms with van der Waals surface area (Å²) >= 11 is 0. The van der Waals surface area contributed by atoms with Gasteiger partial charge in [-0.15, -0.1) is 0 Å². The van der Waals surface area contributed by atoms with E-state index >= 15 is 0 Å². The first-order valence-corrected chi connectivity index (χ1v) is 6.99. The Bertz CT molecular complexity index is 579. The van der Waals surface area contributed by atoms with Crippen LogP contribution in [-0.2, 0) is 0 Å². The van der Waals surface area contributed by atoms with Gasteiger partial charge >= 0.3 is 0 Å². The minimum atomic E-state index is 0.516. The van der Waals surface area contributed by atoms with E-state index in [1.165, 1.54) is 5.56 Å². The summed E-state index contributed by atoms with van der Waals surface area (Å²) in [6.45, 7) is 6.94. The summed E-state index contributed by atoms with van der Waals surface area (Å²) in [6.07, 6.45) is 0. The number of anilines is 3. The maximum atomic E-state index is 5.88. The van der Waals surface area contributed by atoms with Crippen molar-refractivity contribution < 1.29 is 4.74 Å². The number of hydrogen-bond acceptors (Lipinski definition) is 3. The molecule has 3 heteroatoms. The number of hydrogen-bond donors (Lipinski definition) is 2. The molecule has 0 aliphatic carbocycles. The molecule has 0 saturated carbocycles. The molecule has 0 heterocycles. The molecule has 2 aromatic carbocycles. The lowest BCUT2D eigenvalue weighted by atomic mass is 10.0. The number of rotatable bonds is 5. The second-order valence-electron chi connectivity index (χ2n) is 5.09. The first kappa shape index (κ1) is 14.3. The van der Waals surface area contributed by atoms with Gasteiger partial charge in [-0.05, 0) is 42.7 Å². The predicted octanol–water partition coefficient (Wildman–Crippen LogP) is 4.53. The van der Waals surface area contributed by atoms with Crippen molar-refractivity contribution in [1.29, 1.82) is 0 Å². The third kappa shape index (κ3) is 3.44. The fraction of sp³-hybridized carbons (Fsp3) is 0.294. The van der Waals surface area contributed by atoms with E-state index in [4.69, 9.17) is 10.5 Å². The average molecular weight is 270 g/mol. The van der Waals surface area contributed by atoms with Crippen molar-refractivity contribution >= 4 is 17.1 Å². The molecule has 0 atom stereocenters. The van der Waals surface area contributed by atoms with Gasteiger partial charge in [-0.2, -0.15) is 0 Å². The highest BCUT2D eigenvalue weighted by Crippen LogP contribution is 2.28. The summed E-state index contributed by atoms with van der Waals surface area (Å²) in [5.41, 5.74) is 9.90. The van der Waals surface area contributed by atoms with Crippen LogP contribution in [0.3, 0.4) is 0 Å². The molecule has 106 valence electrons. The Morgan fingerprint density at radius 2 is 1.85 bits per heavy atom. The van der Waals surface area contributed by atoms with Gasteiger partial charge in [0, 0.05) is 17.4 Å². The Morgan fingerprint density at radius 1 is 1.10 bits per heavy atom. The van der Waals surface area contributed by atoms with Crippen LogP contribution in [0.5, 0.6) is 5.75 Å². The van der Waals surface area contributed by atoms with Crippen LogP contribution in [0.15, 0.2) is 42.5 Å². The number of nitrogens with two attached hydrogens (primary N) is 1. The average Bonchev–Trinajstić information content (AvgIpc) is 2.43. The molecule has 3 N–H and O–H groups in total. The standard InChI is InChI=1S/C17H22N2O/c1-4-20-17-11-15(8-9-16(17)18)19-14-7-5-6-13(10-14)12(2)3/h5-12,19H,4,18H2,1-3H3. The van der Waals surface area contributed by atoms with Crippen LogP contribution in [0.2, 0.25) is 0 Å². The molecule has 2 rings (SSSR count). The molecule has 3 nitrogen and oxygen atoms in total. The van der Waals surface area contributed by atoms with Crippen molar-refractivity contribution in [2.45, 2.75) is 26.7 Å². The number of nitrogens with one attached hydrogen (secondary N) is 1. The zero-order valence-corrected chi connectivity index (χ0v) is 12.3. The normalized spacial score (nSPS) is 10.6. The minimum Gasteiger partial charge on any atom is -0.492 e. The number of nitrogen functional groups attached to an aromatic ring is 1. The highest BCUT2D eigenvalue weighted by atomic mass is 16.5. The second-order valence-corrected chi connectivity index (χ2v) is 5.09. The van der Waals surface area contributed by atoms with Crippen molar-refractivity contribution in [3.8, 4) is 5.75 Å². The summed E-state index contributed by atoms with van der Waals surface area (Å²) in [7, 11) is 0. The van der Waals surface area contributed by atoms with Crippen LogP contribution in [0.4, 0.5) is 17.1 Å². The topological polar surface area (TPSA) is 47.3 Å². The Morgan fingerprint density at radius 3 is 2.55 bits per heavy atom. The van der Waals surface area contributed by atoms with Gasteiger partial charge in [-0.25, -0.2) is 0 Å². The quantitative estimate of drug-likeness (QED) is 0.784. The molecular formula is C17H22N2O. The van der Waals surface area contributed by atoms with Gasteiger partial charge in [0.2, 0.25) is 0 Å². The van der Waals surface area contributed by atoms with Gasteiger partial charge in [0.25, 0.3) is 0 Å². The number of benzene rings is 2. The summed E-state index contributed by atoms with van der Waals surface area (Å²) in [5, 5.41) is 3.39. The van der Waals surface area contributed by atoms with Gasteiger partial charge in [0.15, 0.2) is 0 Å². The van der Waals surface area contributed by atoms with Crippen LogP contribution in [0.25, 0.3) is 0 Å². The van der Waals surface area contributed by atoms with E-state index in [-0.39, 0.29) is 0 Å². The molecule has 0 fully saturated rings. The van der Waals surface area contributed by atoms with Crippen molar-refractivity contribution in [3.63, 3.8) is 0 Å². The maximum absolute atomic E-state index is 5.88. The van der Waals surface area contributed by atoms with Gasteiger partial charge in [-0.3, -0.25) is 0 Å². The van der Waals surface area contributed by atoms with Gasteiger partial charge < -0.3 is 15.8 Å². The fourth-order valence-corrected chi connectivity index (χ4v) is 2.03. The molecule has 0 aromatic heterocycles. The van der Waals surface area contributed by atoms with Crippen LogP contribution in [0, 0.1) is 0 Å². The largest absolute Gasteiger partial charge is 0.492 e. The molecule has 0 amide bonds. The van der Waals surface area contributed by atoms with E-state index < -0.39 is 0 Å². The molecule has 0 bridgehead atoms. The van der Waals surface area contributed by atoms with E-state index in [9.17, 15) is 0 Å². The van der Waals surface area contributed by atoms with Crippen LogP contribution in [-0.4, -0.2) is 6.61 Å². The second kappa shape index (κ2) is 6.33. The summed E-state index contributed by atoms with van der Waals surface area (Å²) in [6, 6.07) is 14.2. The van der Waals surface area contributed by atoms with E-state index in [1.807, 2.05) is 25.1 Å². The SMILES string of the molecule is CCOc1cc(Nc2cccc(C(C)C)c2)ccc1N. The highest BCUT2D eigenvalue weighted by molar-refractivity contribution is 5.67. The molecule has 0 radical (unpaired) electrons. The Labute approximate surface area is 120 Å². The first-order valence-electron chi connectivity index (χ1n) is 6.99. The zero-order valence-electron chi connectivity index (χ0n) is 12.3. The van der Waals surface area contributed by atoms with Crippen molar-refractivity contribution in [2.24, 2.45) is 0 Å². The molecule has 0 aliphatic heterocycles. The Balaban J connectivity index is 2.21. The summed E-state index contributed by atoms with van der Waals surface area (Å²) in [5.74, 6) is 1.24. The fourth-order valence-electron chi connectivity index (χ4n) is 2.03. The molecule has 20 heavy (non-hydrogen) atoms. The van der Waals surface area contributed by atoms with Crippen LogP contribution in [0.1, 0.15) is 32.3 Å². The van der Waals surface area contributed by atoms with Gasteiger partial charge in [0.1, 0.15) is 5.75 Å². The molecular weight excluding hydrogens is 248 g/mol. The Hall–Kier alpha value is -2.16. The van der Waals surface area contributed by atoms with Crippen molar-refractivity contribution in [1.82, 2.24) is 0 Å². The summed E-state index contributed by atoms with van der Waals surface area (Å²) < 4.78 is 5.51. The molecule has 0 saturated heterocycles. The van der Waals surface area contributed by atoms with Gasteiger partial charge in [0.05, 0.1) is 12.3 Å². The van der Waals surface area contributed by atoms with Crippen molar-refractivity contribution in [2.75, 3.05) is 17.7 Å². The zero-order chi connectivity index (χ0) is 14.5. The highest BCUT2D eigenvalue weighted by Gasteiger charge is 2.04. The van der Waals surface area contributed by atoms with E-state index in [1.54, 1.807) is 0 Å². The lowest BCUT2D eigenvalue weighted by Gasteiger charge is -2.13. The first-order chi connectivity index (χ1) is 9.60. The van der Waals surface area contributed by atoms with E-state index in [0.717, 1.165) is 17.1 Å². The van der Waals surface area contributed by atoms with Crippen LogP contribution < -0.4 is 15.8 Å². The molecule has 2 aromatic rings. The molecule has 0 aliphatic rings. The lowest BCUT2D eigenvalue weighted by Crippen LogP contribution is -1.99. The maximum Gasteiger partial charge on any atom is 0.144 e. The monoisotopic (exact) mass is 270 g/mol. The smallest absolute Gasteiger partial charge is 0.144 e. The molecule has 0 unspecified atom stereocenters. The third-order valence-corrected chi connectivity index (χ3v) is 3.16. The van der Waals surface area contributed by atoms with Crippen LogP contribution >= 0.6 is 0 Å². The minimum absolute atomic E-state index is 0.516. The van der Waals surface area contributed by atoms with E-state index in [0.29, 0.717) is 18.2 Å². The summed E-state index contributed by atoms with van der Waals surface area (Å²) in [4.78, 5) is 0. The van der Waals surface area contributed by atoms with Crippen molar-refractivity contribution in [3.05, 3.63) is 48.0 Å². The lowest BCUT2D eigenvalue weighted by molar-refractivity contribution is 0.342. The van der Waals surface area contributed by atoms with E-state index in [2.05, 4.69) is 43.4 Å². The van der Waals surface area contributed by atoms with Gasteiger partial charge in [-0.1, -0.05) is 26.0 Å².